The van der Waals surface area contributed by atoms with Crippen LogP contribution in [-0.4, -0.2) is 26.6 Å². The number of amides is 1. The van der Waals surface area contributed by atoms with Crippen LogP contribution in [0.4, 0.5) is 11.4 Å². The Kier molecular flexibility index (Phi) is 6.78. The molecule has 0 saturated carbocycles. The van der Waals surface area contributed by atoms with Crippen molar-refractivity contribution in [3.63, 3.8) is 0 Å². The predicted octanol–water partition coefficient (Wildman–Crippen LogP) is 4.79. The molecule has 2 aromatic carbocycles. The third kappa shape index (κ3) is 4.94. The van der Waals surface area contributed by atoms with Gasteiger partial charge < -0.3 is 5.32 Å². The van der Waals surface area contributed by atoms with E-state index in [4.69, 9.17) is 23.2 Å². The summed E-state index contributed by atoms with van der Waals surface area (Å²) in [6.07, 6.45) is 1.37. The molecule has 1 amide bonds. The summed E-state index contributed by atoms with van der Waals surface area (Å²) in [5, 5.41) is 3.20. The van der Waals surface area contributed by atoms with Gasteiger partial charge in [0.05, 0.1) is 27.7 Å². The number of halogens is 2. The van der Waals surface area contributed by atoms with Crippen molar-refractivity contribution >= 4 is 50.5 Å². The van der Waals surface area contributed by atoms with E-state index in [1.807, 2.05) is 19.9 Å². The number of rotatable bonds is 6. The van der Waals surface area contributed by atoms with E-state index in [0.717, 1.165) is 21.7 Å². The van der Waals surface area contributed by atoms with Gasteiger partial charge in [0.15, 0.2) is 0 Å². The van der Waals surface area contributed by atoms with E-state index in [2.05, 4.69) is 5.32 Å². The zero-order valence-corrected chi connectivity index (χ0v) is 17.9. The predicted molar refractivity (Wildman–Crippen MR) is 112 cm³/mol. The molecule has 27 heavy (non-hydrogen) atoms. The number of carbonyl (C=O) groups is 1. The lowest BCUT2D eigenvalue weighted by molar-refractivity contribution is -0.117. The van der Waals surface area contributed by atoms with Crippen LogP contribution in [0.15, 0.2) is 36.4 Å². The second kappa shape index (κ2) is 8.50. The summed E-state index contributed by atoms with van der Waals surface area (Å²) in [5.41, 5.74) is 2.76. The highest BCUT2D eigenvalue weighted by atomic mass is 35.5. The van der Waals surface area contributed by atoms with E-state index in [1.54, 1.807) is 37.3 Å². The lowest BCUT2D eigenvalue weighted by atomic mass is 10.1. The Morgan fingerprint density at radius 3 is 2.37 bits per heavy atom. The minimum Gasteiger partial charge on any atom is -0.323 e. The largest absolute Gasteiger partial charge is 0.323 e. The Labute approximate surface area is 170 Å². The monoisotopic (exact) mass is 428 g/mol. The van der Waals surface area contributed by atoms with Crippen LogP contribution < -0.4 is 9.62 Å². The molecular weight excluding hydrogens is 407 g/mol. The number of anilines is 2. The summed E-state index contributed by atoms with van der Waals surface area (Å²) in [4.78, 5) is 12.9. The van der Waals surface area contributed by atoms with Gasteiger partial charge in [-0.2, -0.15) is 0 Å². The van der Waals surface area contributed by atoms with Gasteiger partial charge in [-0.25, -0.2) is 8.42 Å². The maximum absolute atomic E-state index is 12.9. The van der Waals surface area contributed by atoms with Crippen molar-refractivity contribution < 1.29 is 13.2 Å². The molecule has 8 heteroatoms. The molecule has 2 aromatic rings. The number of hydrogen-bond donors (Lipinski definition) is 1. The smallest absolute Gasteiger partial charge is 0.248 e. The van der Waals surface area contributed by atoms with E-state index >= 15 is 0 Å². The number of nitrogens with zero attached hydrogens (tertiary/aromatic N) is 1. The normalized spacial score (nSPS) is 12.5. The molecule has 0 aromatic heterocycles. The van der Waals surface area contributed by atoms with E-state index < -0.39 is 22.0 Å². The van der Waals surface area contributed by atoms with Crippen LogP contribution in [0.25, 0.3) is 0 Å². The number of aryl methyl sites for hydroxylation is 2. The summed E-state index contributed by atoms with van der Waals surface area (Å²) in [6.45, 7) is 5.59. The maximum atomic E-state index is 12.9. The fourth-order valence-corrected chi connectivity index (χ4v) is 4.29. The molecule has 0 spiro atoms. The zero-order valence-electron chi connectivity index (χ0n) is 15.6. The highest BCUT2D eigenvalue weighted by Crippen LogP contribution is 2.31. The molecule has 0 fully saturated rings. The second-order valence-corrected chi connectivity index (χ2v) is 8.99. The van der Waals surface area contributed by atoms with E-state index in [0.29, 0.717) is 16.4 Å². The first-order chi connectivity index (χ1) is 12.6. The highest BCUT2D eigenvalue weighted by molar-refractivity contribution is 7.92. The summed E-state index contributed by atoms with van der Waals surface area (Å²) in [7, 11) is -3.70. The number of nitrogens with one attached hydrogen (secondary N) is 1. The molecule has 0 bridgehead atoms. The average molecular weight is 429 g/mol. The van der Waals surface area contributed by atoms with Gasteiger partial charge in [0.1, 0.15) is 6.04 Å². The molecule has 1 atom stereocenters. The molecule has 0 saturated heterocycles. The third-order valence-electron chi connectivity index (χ3n) is 4.28. The lowest BCUT2D eigenvalue weighted by Gasteiger charge is -2.30. The number of hydrogen-bond acceptors (Lipinski definition) is 3. The van der Waals surface area contributed by atoms with Gasteiger partial charge >= 0.3 is 0 Å². The van der Waals surface area contributed by atoms with Gasteiger partial charge in [-0.3, -0.25) is 9.10 Å². The van der Waals surface area contributed by atoms with Crippen LogP contribution in [0.5, 0.6) is 0 Å². The molecular formula is C19H22Cl2N2O3S. The molecule has 0 aliphatic carbocycles. The van der Waals surface area contributed by atoms with Crippen LogP contribution in [0.2, 0.25) is 10.0 Å². The molecule has 2 rings (SSSR count). The summed E-state index contributed by atoms with van der Waals surface area (Å²) in [5.74, 6) is -0.481. The highest BCUT2D eigenvalue weighted by Gasteiger charge is 2.32. The van der Waals surface area contributed by atoms with Crippen LogP contribution in [0.1, 0.15) is 24.5 Å². The Hall–Kier alpha value is -1.76. The number of benzene rings is 2. The summed E-state index contributed by atoms with van der Waals surface area (Å²) >= 11 is 12.1. The fraction of sp³-hybridized carbons (Fsp3) is 0.316. The van der Waals surface area contributed by atoms with Crippen molar-refractivity contribution in [1.82, 2.24) is 0 Å². The van der Waals surface area contributed by atoms with Crippen LogP contribution >= 0.6 is 23.2 Å². The first-order valence-corrected chi connectivity index (χ1v) is 11.0. The van der Waals surface area contributed by atoms with Crippen molar-refractivity contribution in [2.24, 2.45) is 0 Å². The van der Waals surface area contributed by atoms with Crippen LogP contribution in [0.3, 0.4) is 0 Å². The van der Waals surface area contributed by atoms with Gasteiger partial charge in [-0.15, -0.1) is 0 Å². The van der Waals surface area contributed by atoms with Crippen LogP contribution in [-0.2, 0) is 14.8 Å². The number of carbonyl (C=O) groups excluding carboxylic acids is 1. The van der Waals surface area contributed by atoms with E-state index in [-0.39, 0.29) is 11.4 Å². The molecule has 146 valence electrons. The maximum Gasteiger partial charge on any atom is 0.248 e. The van der Waals surface area contributed by atoms with E-state index in [9.17, 15) is 13.2 Å². The van der Waals surface area contributed by atoms with Gasteiger partial charge in [-0.1, -0.05) is 42.3 Å². The summed E-state index contributed by atoms with van der Waals surface area (Å²) < 4.78 is 26.2. The third-order valence-corrected chi connectivity index (χ3v) is 6.28. The van der Waals surface area contributed by atoms with Gasteiger partial charge in [0, 0.05) is 0 Å². The Morgan fingerprint density at radius 2 is 1.81 bits per heavy atom. The van der Waals surface area contributed by atoms with Crippen molar-refractivity contribution in [2.75, 3.05) is 15.9 Å². The van der Waals surface area contributed by atoms with Crippen molar-refractivity contribution in [3.8, 4) is 0 Å². The second-order valence-electron chi connectivity index (χ2n) is 6.34. The van der Waals surface area contributed by atoms with Gasteiger partial charge in [0.2, 0.25) is 15.9 Å². The van der Waals surface area contributed by atoms with Crippen molar-refractivity contribution in [3.05, 3.63) is 57.6 Å². The molecule has 0 aliphatic heterocycles. The van der Waals surface area contributed by atoms with Gasteiger partial charge in [-0.05, 0) is 55.7 Å². The Bertz CT molecular complexity index is 961. The quantitative estimate of drug-likeness (QED) is 0.718. The molecule has 5 nitrogen and oxygen atoms in total. The van der Waals surface area contributed by atoms with Crippen LogP contribution in [0, 0.1) is 13.8 Å². The molecule has 1 N–H and O–H groups in total. The van der Waals surface area contributed by atoms with E-state index in [1.165, 1.54) is 0 Å². The first-order valence-electron chi connectivity index (χ1n) is 8.37. The molecule has 0 unspecified atom stereocenters. The van der Waals surface area contributed by atoms with Crippen molar-refractivity contribution in [1.29, 1.82) is 0 Å². The van der Waals surface area contributed by atoms with Gasteiger partial charge in [0.25, 0.3) is 0 Å². The molecule has 0 heterocycles. The minimum atomic E-state index is -3.70. The standard InChI is InChI=1S/C19H22Cl2N2O3S/c1-5-17(19(24)22-16-8-6-7-15(20)18(16)21)23(27(4,25)26)14-10-9-12(2)13(3)11-14/h6-11,17H,5H2,1-4H3,(H,22,24)/t17-/m0/s1. The first kappa shape index (κ1) is 21.5. The zero-order chi connectivity index (χ0) is 20.4. The summed E-state index contributed by atoms with van der Waals surface area (Å²) in [6, 6.07) is 9.24. The minimum absolute atomic E-state index is 0.208. The van der Waals surface area contributed by atoms with Crippen molar-refractivity contribution in [2.45, 2.75) is 33.2 Å². The lowest BCUT2D eigenvalue weighted by Crippen LogP contribution is -2.47. The fourth-order valence-electron chi connectivity index (χ4n) is 2.74. The molecule has 0 radical (unpaired) electrons. The topological polar surface area (TPSA) is 66.5 Å². The SMILES string of the molecule is CC[C@@H](C(=O)Nc1cccc(Cl)c1Cl)N(c1ccc(C)c(C)c1)S(C)(=O)=O. The number of sulfonamides is 1. The Morgan fingerprint density at radius 1 is 1.15 bits per heavy atom. The molecule has 0 aliphatic rings. The average Bonchev–Trinajstić information content (AvgIpc) is 2.58. The Balaban J connectivity index is 2.44.